The first-order chi connectivity index (χ1) is 14.5. The van der Waals surface area contributed by atoms with Crippen LogP contribution in [0.5, 0.6) is 0 Å². The van der Waals surface area contributed by atoms with E-state index in [-0.39, 0.29) is 16.2 Å². The normalized spacial score (nSPS) is 15.4. The van der Waals surface area contributed by atoms with Crippen molar-refractivity contribution in [3.8, 4) is 6.07 Å². The maximum Gasteiger partial charge on any atom is 0.333 e. The Bertz CT molecular complexity index is 1110. The van der Waals surface area contributed by atoms with Gasteiger partial charge in [-0.15, -0.1) is 11.3 Å². The van der Waals surface area contributed by atoms with E-state index in [9.17, 15) is 23.6 Å². The van der Waals surface area contributed by atoms with Gasteiger partial charge in [-0.25, -0.2) is 14.5 Å². The van der Waals surface area contributed by atoms with Crippen LogP contribution in [0.15, 0.2) is 22.7 Å². The average Bonchev–Trinajstić information content (AvgIpc) is 3.16. The van der Waals surface area contributed by atoms with Crippen molar-refractivity contribution in [2.45, 2.75) is 68.7 Å². The van der Waals surface area contributed by atoms with Gasteiger partial charge in [0.2, 0.25) is 4.34 Å². The third-order valence-electron chi connectivity index (χ3n) is 5.39. The lowest BCUT2D eigenvalue weighted by molar-refractivity contribution is -0.0356. The SMILES string of the molecule is CC(C)c1cc(C#N)cc(C(C)C)c1NC(=O)NS(=O)(=O)c1ncc(C2(O)CCC2)s1. The van der Waals surface area contributed by atoms with Gasteiger partial charge in [0.25, 0.3) is 10.0 Å². The summed E-state index contributed by atoms with van der Waals surface area (Å²) in [4.78, 5) is 17.0. The number of urea groups is 1. The van der Waals surface area contributed by atoms with E-state index in [2.05, 4.69) is 16.4 Å². The second kappa shape index (κ2) is 8.57. The van der Waals surface area contributed by atoms with Crippen molar-refractivity contribution >= 4 is 33.1 Å². The number of nitriles is 1. The molecule has 8 nitrogen and oxygen atoms in total. The number of amides is 2. The van der Waals surface area contributed by atoms with E-state index in [0.29, 0.717) is 29.0 Å². The molecule has 0 unspecified atom stereocenters. The van der Waals surface area contributed by atoms with Crippen LogP contribution >= 0.6 is 11.3 Å². The van der Waals surface area contributed by atoms with Crippen molar-refractivity contribution in [1.82, 2.24) is 9.71 Å². The van der Waals surface area contributed by atoms with Crippen LogP contribution in [0, 0.1) is 11.3 Å². The van der Waals surface area contributed by atoms with Crippen LogP contribution in [0.2, 0.25) is 0 Å². The number of nitrogens with one attached hydrogen (secondary N) is 2. The Morgan fingerprint density at radius 3 is 2.26 bits per heavy atom. The number of nitrogens with zero attached hydrogens (tertiary/aromatic N) is 2. The highest BCUT2D eigenvalue weighted by Gasteiger charge is 2.39. The quantitative estimate of drug-likeness (QED) is 0.591. The van der Waals surface area contributed by atoms with Gasteiger partial charge in [-0.05, 0) is 54.4 Å². The summed E-state index contributed by atoms with van der Waals surface area (Å²) >= 11 is 0.864. The Kier molecular flexibility index (Phi) is 6.41. The summed E-state index contributed by atoms with van der Waals surface area (Å²) in [6.45, 7) is 7.73. The number of benzene rings is 1. The van der Waals surface area contributed by atoms with E-state index >= 15 is 0 Å². The van der Waals surface area contributed by atoms with E-state index in [1.807, 2.05) is 32.4 Å². The Balaban J connectivity index is 1.86. The molecular formula is C21H26N4O4S2. The molecule has 0 radical (unpaired) electrons. The van der Waals surface area contributed by atoms with Crippen molar-refractivity contribution in [2.24, 2.45) is 0 Å². The zero-order valence-corrected chi connectivity index (χ0v) is 19.5. The number of carbonyl (C=O) groups is 1. The number of hydrogen-bond acceptors (Lipinski definition) is 7. The number of rotatable bonds is 6. The minimum absolute atomic E-state index is 0.00227. The van der Waals surface area contributed by atoms with Crippen LogP contribution in [0.4, 0.5) is 10.5 Å². The molecule has 2 aromatic rings. The molecule has 1 aromatic heterocycles. The summed E-state index contributed by atoms with van der Waals surface area (Å²) in [5.74, 6) is 0.00453. The second-order valence-electron chi connectivity index (χ2n) is 8.39. The molecule has 1 fully saturated rings. The highest BCUT2D eigenvalue weighted by atomic mass is 32.2. The standard InChI is InChI=1S/C21H26N4O4S2/c1-12(2)15-8-14(10-22)9-16(13(3)4)18(15)24-19(26)25-31(28,29)20-23-11-17(30-20)21(27)6-5-7-21/h8-9,11-13,27H,5-7H2,1-4H3,(H2,24,25,26). The Morgan fingerprint density at radius 2 is 1.81 bits per heavy atom. The topological polar surface area (TPSA) is 132 Å². The van der Waals surface area contributed by atoms with Gasteiger partial charge < -0.3 is 10.4 Å². The third kappa shape index (κ3) is 4.74. The number of thiazole rings is 1. The van der Waals surface area contributed by atoms with Crippen LogP contribution in [0.25, 0.3) is 0 Å². The molecule has 31 heavy (non-hydrogen) atoms. The molecule has 0 spiro atoms. The summed E-state index contributed by atoms with van der Waals surface area (Å²) in [6, 6.07) is 4.62. The van der Waals surface area contributed by atoms with Crippen LogP contribution in [0.3, 0.4) is 0 Å². The van der Waals surface area contributed by atoms with Gasteiger partial charge in [-0.1, -0.05) is 27.7 Å². The molecule has 0 saturated heterocycles. The van der Waals surface area contributed by atoms with Crippen molar-refractivity contribution in [1.29, 1.82) is 5.26 Å². The third-order valence-corrected chi connectivity index (χ3v) is 8.30. The Labute approximate surface area is 186 Å². The monoisotopic (exact) mass is 462 g/mol. The molecule has 1 aromatic carbocycles. The molecule has 166 valence electrons. The number of aromatic nitrogens is 1. The lowest BCUT2D eigenvalue weighted by atomic mass is 9.79. The van der Waals surface area contributed by atoms with Gasteiger partial charge in [0.1, 0.15) is 5.60 Å². The van der Waals surface area contributed by atoms with Crippen molar-refractivity contribution in [2.75, 3.05) is 5.32 Å². The van der Waals surface area contributed by atoms with Crippen LogP contribution in [0.1, 0.15) is 80.4 Å². The fraction of sp³-hybridized carbons (Fsp3) is 0.476. The Hall–Kier alpha value is -2.48. The number of sulfonamides is 1. The number of aliphatic hydroxyl groups is 1. The predicted octanol–water partition coefficient (Wildman–Crippen LogP) is 4.14. The van der Waals surface area contributed by atoms with Gasteiger partial charge in [0.05, 0.1) is 16.5 Å². The lowest BCUT2D eigenvalue weighted by Crippen LogP contribution is -2.35. The van der Waals surface area contributed by atoms with E-state index in [0.717, 1.165) is 28.9 Å². The first-order valence-electron chi connectivity index (χ1n) is 10.1. The molecule has 2 amide bonds. The molecular weight excluding hydrogens is 436 g/mol. The molecule has 0 atom stereocenters. The first-order valence-corrected chi connectivity index (χ1v) is 12.4. The van der Waals surface area contributed by atoms with E-state index in [1.165, 1.54) is 6.20 Å². The summed E-state index contributed by atoms with van der Waals surface area (Å²) in [7, 11) is -4.20. The molecule has 3 N–H and O–H groups in total. The van der Waals surface area contributed by atoms with Crippen molar-refractivity contribution in [3.05, 3.63) is 39.9 Å². The van der Waals surface area contributed by atoms with Gasteiger partial charge >= 0.3 is 6.03 Å². The fourth-order valence-corrected chi connectivity index (χ4v) is 5.67. The van der Waals surface area contributed by atoms with E-state index in [1.54, 1.807) is 12.1 Å². The minimum atomic E-state index is -4.20. The zero-order chi connectivity index (χ0) is 23.0. The van der Waals surface area contributed by atoms with Crippen LogP contribution in [-0.4, -0.2) is 24.5 Å². The number of anilines is 1. The van der Waals surface area contributed by atoms with Crippen LogP contribution in [-0.2, 0) is 15.6 Å². The molecule has 0 aliphatic heterocycles. The highest BCUT2D eigenvalue weighted by molar-refractivity contribution is 7.92. The summed E-state index contributed by atoms with van der Waals surface area (Å²) < 4.78 is 27.1. The summed E-state index contributed by atoms with van der Waals surface area (Å²) in [5.41, 5.74) is 1.46. The predicted molar refractivity (Wildman–Crippen MR) is 119 cm³/mol. The molecule has 3 rings (SSSR count). The van der Waals surface area contributed by atoms with Gasteiger partial charge in [-0.2, -0.15) is 13.7 Å². The average molecular weight is 463 g/mol. The van der Waals surface area contributed by atoms with E-state index in [4.69, 9.17) is 0 Å². The zero-order valence-electron chi connectivity index (χ0n) is 17.9. The van der Waals surface area contributed by atoms with Gasteiger partial charge in [0, 0.05) is 11.9 Å². The van der Waals surface area contributed by atoms with Gasteiger partial charge in [-0.3, -0.25) is 0 Å². The minimum Gasteiger partial charge on any atom is -0.384 e. The number of carbonyl (C=O) groups excluding carboxylic acids is 1. The molecule has 1 saturated carbocycles. The molecule has 0 bridgehead atoms. The summed E-state index contributed by atoms with van der Waals surface area (Å²) in [5, 5.41) is 22.4. The fourth-order valence-electron chi connectivity index (χ4n) is 3.47. The van der Waals surface area contributed by atoms with Crippen LogP contribution < -0.4 is 10.0 Å². The molecule has 10 heteroatoms. The smallest absolute Gasteiger partial charge is 0.333 e. The van der Waals surface area contributed by atoms with Gasteiger partial charge in [0.15, 0.2) is 0 Å². The Morgan fingerprint density at radius 1 is 1.23 bits per heavy atom. The molecule has 1 aliphatic rings. The maximum atomic E-state index is 12.7. The highest BCUT2D eigenvalue weighted by Crippen LogP contribution is 2.43. The summed E-state index contributed by atoms with van der Waals surface area (Å²) in [6.07, 6.45) is 3.36. The second-order valence-corrected chi connectivity index (χ2v) is 11.3. The van der Waals surface area contributed by atoms with Crippen molar-refractivity contribution in [3.63, 3.8) is 0 Å². The first kappa shape index (κ1) is 23.2. The molecule has 1 aliphatic carbocycles. The number of hydrogen-bond donors (Lipinski definition) is 3. The van der Waals surface area contributed by atoms with Crippen molar-refractivity contribution < 1.29 is 18.3 Å². The van der Waals surface area contributed by atoms with E-state index < -0.39 is 21.7 Å². The molecule has 1 heterocycles. The lowest BCUT2D eigenvalue weighted by Gasteiger charge is -2.35. The maximum absolute atomic E-state index is 12.7. The largest absolute Gasteiger partial charge is 0.384 e.